The van der Waals surface area contributed by atoms with Crippen LogP contribution in [0.15, 0.2) is 12.0 Å². The van der Waals surface area contributed by atoms with Crippen molar-refractivity contribution < 1.29 is 19.1 Å². The summed E-state index contributed by atoms with van der Waals surface area (Å²) < 4.78 is 9.43. The molecular weight excluding hydrogens is 186 g/mol. The van der Waals surface area contributed by atoms with Crippen molar-refractivity contribution in [1.82, 2.24) is 4.90 Å². The molecule has 0 aliphatic carbocycles. The Kier molecular flexibility index (Phi) is 3.50. The molecule has 0 saturated heterocycles. The van der Waals surface area contributed by atoms with Gasteiger partial charge in [-0.25, -0.2) is 4.79 Å². The molecule has 0 fully saturated rings. The van der Waals surface area contributed by atoms with Crippen molar-refractivity contribution in [1.29, 1.82) is 0 Å². The van der Waals surface area contributed by atoms with E-state index in [1.165, 1.54) is 25.1 Å². The largest absolute Gasteiger partial charge is 0.452 e. The summed E-state index contributed by atoms with van der Waals surface area (Å²) in [5, 5.41) is 0. The van der Waals surface area contributed by atoms with Crippen molar-refractivity contribution in [3.8, 4) is 0 Å². The molecule has 0 bridgehead atoms. The van der Waals surface area contributed by atoms with Crippen molar-refractivity contribution in [2.75, 3.05) is 13.7 Å². The smallest absolute Gasteiger partial charge is 0.413 e. The van der Waals surface area contributed by atoms with Gasteiger partial charge in [-0.1, -0.05) is 0 Å². The van der Waals surface area contributed by atoms with Gasteiger partial charge in [-0.3, -0.25) is 9.69 Å². The third kappa shape index (κ3) is 2.76. The fourth-order valence-corrected chi connectivity index (χ4v) is 1.25. The molecule has 5 heteroatoms. The first-order valence-corrected chi connectivity index (χ1v) is 4.37. The number of hydrogen-bond donors (Lipinski definition) is 0. The average molecular weight is 199 g/mol. The lowest BCUT2D eigenvalue weighted by Gasteiger charge is -2.22. The van der Waals surface area contributed by atoms with Crippen LogP contribution in [0.25, 0.3) is 0 Å². The van der Waals surface area contributed by atoms with E-state index in [4.69, 9.17) is 4.74 Å². The average Bonchev–Trinajstić information content (AvgIpc) is 2.16. The van der Waals surface area contributed by atoms with Gasteiger partial charge in [0.2, 0.25) is 0 Å². The molecule has 1 aliphatic rings. The maximum absolute atomic E-state index is 11.1. The summed E-state index contributed by atoms with van der Waals surface area (Å²) in [6, 6.07) is 0. The van der Waals surface area contributed by atoms with Gasteiger partial charge in [-0.05, 0) is 6.42 Å². The van der Waals surface area contributed by atoms with Gasteiger partial charge in [0, 0.05) is 26.1 Å². The second-order valence-corrected chi connectivity index (χ2v) is 2.96. The van der Waals surface area contributed by atoms with Crippen LogP contribution >= 0.6 is 0 Å². The molecule has 1 rings (SSSR count). The summed E-state index contributed by atoms with van der Waals surface area (Å²) in [6.07, 6.45) is 2.52. The topological polar surface area (TPSA) is 55.8 Å². The number of hydrogen-bond acceptors (Lipinski definition) is 4. The van der Waals surface area contributed by atoms with Crippen molar-refractivity contribution in [2.24, 2.45) is 0 Å². The van der Waals surface area contributed by atoms with Crippen molar-refractivity contribution in [2.45, 2.75) is 19.8 Å². The Morgan fingerprint density at radius 3 is 2.79 bits per heavy atom. The monoisotopic (exact) mass is 199 g/mol. The van der Waals surface area contributed by atoms with Crippen LogP contribution in [-0.4, -0.2) is 30.6 Å². The summed E-state index contributed by atoms with van der Waals surface area (Å²) in [5.74, 6) is 0.136. The summed E-state index contributed by atoms with van der Waals surface area (Å²) in [7, 11) is 1.32. The minimum atomic E-state index is -0.436. The summed E-state index contributed by atoms with van der Waals surface area (Å²) in [6.45, 7) is 1.93. The van der Waals surface area contributed by atoms with Gasteiger partial charge in [0.05, 0.1) is 7.11 Å². The quantitative estimate of drug-likeness (QED) is 0.596. The van der Waals surface area contributed by atoms with Crippen molar-refractivity contribution in [3.05, 3.63) is 12.0 Å². The first-order valence-electron chi connectivity index (χ1n) is 4.37. The predicted molar refractivity (Wildman–Crippen MR) is 48.2 cm³/mol. The summed E-state index contributed by atoms with van der Waals surface area (Å²) in [5.41, 5.74) is 0. The molecule has 0 aromatic carbocycles. The van der Waals surface area contributed by atoms with Crippen LogP contribution in [0.4, 0.5) is 4.79 Å². The second-order valence-electron chi connectivity index (χ2n) is 2.96. The summed E-state index contributed by atoms with van der Waals surface area (Å²) in [4.78, 5) is 23.2. The fraction of sp³-hybridized carbons (Fsp3) is 0.556. The number of allylic oxidation sites excluding steroid dienone is 1. The molecule has 0 unspecified atom stereocenters. The summed E-state index contributed by atoms with van der Waals surface area (Å²) >= 11 is 0. The highest BCUT2D eigenvalue weighted by Gasteiger charge is 2.18. The molecule has 0 atom stereocenters. The fourth-order valence-electron chi connectivity index (χ4n) is 1.25. The Bertz CT molecular complexity index is 272. The molecular formula is C9H13NO4. The van der Waals surface area contributed by atoms with Crippen LogP contribution in [0, 0.1) is 0 Å². The van der Waals surface area contributed by atoms with Crippen LogP contribution in [-0.2, 0) is 14.3 Å². The number of nitrogens with zero attached hydrogens (tertiary/aromatic N) is 1. The van der Waals surface area contributed by atoms with Gasteiger partial charge in [0.15, 0.2) is 0 Å². The second kappa shape index (κ2) is 4.64. The Morgan fingerprint density at radius 2 is 2.21 bits per heavy atom. The number of ether oxygens (including phenoxy) is 2. The molecule has 1 amide bonds. The van der Waals surface area contributed by atoms with Gasteiger partial charge < -0.3 is 9.47 Å². The minimum Gasteiger partial charge on any atom is -0.452 e. The Hall–Kier alpha value is -1.52. The van der Waals surface area contributed by atoms with Crippen molar-refractivity contribution >= 4 is 12.1 Å². The molecule has 0 saturated carbocycles. The van der Waals surface area contributed by atoms with E-state index in [1.54, 1.807) is 0 Å². The third-order valence-electron chi connectivity index (χ3n) is 1.81. The van der Waals surface area contributed by atoms with Gasteiger partial charge in [-0.15, -0.1) is 0 Å². The lowest BCUT2D eigenvalue weighted by Crippen LogP contribution is -2.30. The van der Waals surface area contributed by atoms with E-state index >= 15 is 0 Å². The first-order chi connectivity index (χ1) is 6.63. The van der Waals surface area contributed by atoms with E-state index in [2.05, 4.69) is 4.74 Å². The normalized spacial score (nSPS) is 15.9. The highest BCUT2D eigenvalue weighted by atomic mass is 16.5. The van der Waals surface area contributed by atoms with Crippen LogP contribution in [0.5, 0.6) is 0 Å². The van der Waals surface area contributed by atoms with Crippen molar-refractivity contribution in [3.63, 3.8) is 0 Å². The van der Waals surface area contributed by atoms with Gasteiger partial charge in [0.1, 0.15) is 5.76 Å². The standard InChI is InChI=1S/C9H13NO4/c1-7(11)14-8-4-3-5-10(6-8)9(12)13-2/h6H,3-5H2,1-2H3. The minimum absolute atomic E-state index is 0.372. The van der Waals surface area contributed by atoms with E-state index in [0.717, 1.165) is 6.42 Å². The molecule has 1 aliphatic heterocycles. The van der Waals surface area contributed by atoms with Gasteiger partial charge in [-0.2, -0.15) is 0 Å². The molecule has 5 nitrogen and oxygen atoms in total. The number of carbonyl (C=O) groups is 2. The molecule has 1 heterocycles. The molecule has 0 radical (unpaired) electrons. The molecule has 0 spiro atoms. The zero-order valence-electron chi connectivity index (χ0n) is 8.28. The highest BCUT2D eigenvalue weighted by molar-refractivity contribution is 5.70. The molecule has 14 heavy (non-hydrogen) atoms. The zero-order chi connectivity index (χ0) is 10.6. The number of amides is 1. The zero-order valence-corrected chi connectivity index (χ0v) is 8.28. The lowest BCUT2D eigenvalue weighted by molar-refractivity contribution is -0.137. The lowest BCUT2D eigenvalue weighted by atomic mass is 10.2. The van der Waals surface area contributed by atoms with E-state index < -0.39 is 6.09 Å². The molecule has 0 N–H and O–H groups in total. The van der Waals surface area contributed by atoms with Gasteiger partial charge in [0.25, 0.3) is 0 Å². The van der Waals surface area contributed by atoms with Crippen LogP contribution < -0.4 is 0 Å². The molecule has 0 aromatic rings. The maximum atomic E-state index is 11.1. The van der Waals surface area contributed by atoms with E-state index in [9.17, 15) is 9.59 Å². The Labute approximate surface area is 82.3 Å². The van der Waals surface area contributed by atoms with E-state index in [0.29, 0.717) is 18.7 Å². The number of rotatable bonds is 1. The van der Waals surface area contributed by atoms with E-state index in [-0.39, 0.29) is 5.97 Å². The molecule has 78 valence electrons. The predicted octanol–water partition coefficient (Wildman–Crippen LogP) is 1.25. The third-order valence-corrected chi connectivity index (χ3v) is 1.81. The first kappa shape index (κ1) is 10.6. The van der Waals surface area contributed by atoms with E-state index in [1.807, 2.05) is 0 Å². The number of carbonyl (C=O) groups excluding carboxylic acids is 2. The molecule has 0 aromatic heterocycles. The SMILES string of the molecule is COC(=O)N1C=C(OC(C)=O)CCC1. The number of esters is 1. The maximum Gasteiger partial charge on any atom is 0.413 e. The number of methoxy groups -OCH3 is 1. The Balaban J connectivity index is 2.63. The van der Waals surface area contributed by atoms with Crippen LogP contribution in [0.2, 0.25) is 0 Å². The van der Waals surface area contributed by atoms with Crippen LogP contribution in [0.1, 0.15) is 19.8 Å². The highest BCUT2D eigenvalue weighted by Crippen LogP contribution is 2.16. The Morgan fingerprint density at radius 1 is 1.50 bits per heavy atom. The van der Waals surface area contributed by atoms with Crippen LogP contribution in [0.3, 0.4) is 0 Å². The van der Waals surface area contributed by atoms with Gasteiger partial charge >= 0.3 is 12.1 Å².